The van der Waals surface area contributed by atoms with E-state index < -0.39 is 27.5 Å². The summed E-state index contributed by atoms with van der Waals surface area (Å²) in [4.78, 5) is 29.8. The van der Waals surface area contributed by atoms with Crippen LogP contribution in [0, 0.1) is 0 Å². The molecular formula is C21H19F3N4O4S. The van der Waals surface area contributed by atoms with Crippen molar-refractivity contribution in [1.29, 1.82) is 0 Å². The van der Waals surface area contributed by atoms with Gasteiger partial charge in [0.15, 0.2) is 15.6 Å². The lowest BCUT2D eigenvalue weighted by molar-refractivity contribution is -0.141. The first-order valence-corrected chi connectivity index (χ1v) is 11.8. The molecule has 3 heterocycles. The molecule has 174 valence electrons. The quantitative estimate of drug-likeness (QED) is 0.519. The second kappa shape index (κ2) is 8.58. The van der Waals surface area contributed by atoms with E-state index >= 15 is 0 Å². The molecule has 1 aliphatic heterocycles. The maximum Gasteiger partial charge on any atom is 0.433 e. The molecule has 0 bridgehead atoms. The summed E-state index contributed by atoms with van der Waals surface area (Å²) in [6.45, 7) is 0.243. The highest BCUT2D eigenvalue weighted by Crippen LogP contribution is 2.27. The molecule has 0 saturated carbocycles. The monoisotopic (exact) mass is 480 g/mol. The Balaban J connectivity index is 1.45. The number of hydrogen-bond donors (Lipinski definition) is 0. The van der Waals surface area contributed by atoms with Crippen molar-refractivity contribution in [2.24, 2.45) is 0 Å². The lowest BCUT2D eigenvalue weighted by atomic mass is 10.0. The van der Waals surface area contributed by atoms with Crippen LogP contribution >= 0.6 is 0 Å². The number of ketones is 1. The molecule has 33 heavy (non-hydrogen) atoms. The van der Waals surface area contributed by atoms with E-state index in [0.29, 0.717) is 16.5 Å². The summed E-state index contributed by atoms with van der Waals surface area (Å²) in [5.41, 5.74) is -0.243. The fourth-order valence-electron chi connectivity index (χ4n) is 3.54. The van der Waals surface area contributed by atoms with Crippen LogP contribution in [-0.2, 0) is 33.8 Å². The number of halogens is 3. The summed E-state index contributed by atoms with van der Waals surface area (Å²) in [5.74, 6) is -0.914. The molecule has 0 atom stereocenters. The summed E-state index contributed by atoms with van der Waals surface area (Å²) in [5, 5.41) is 4.98. The van der Waals surface area contributed by atoms with E-state index in [1.165, 1.54) is 15.6 Å². The molecule has 1 saturated heterocycles. The number of rotatable bonds is 5. The predicted molar refractivity (Wildman–Crippen MR) is 112 cm³/mol. The highest BCUT2D eigenvalue weighted by Gasteiger charge is 2.33. The van der Waals surface area contributed by atoms with E-state index in [-0.39, 0.29) is 49.2 Å². The molecule has 0 spiro atoms. The molecule has 4 rings (SSSR count). The van der Waals surface area contributed by atoms with Crippen molar-refractivity contribution in [1.82, 2.24) is 19.7 Å². The zero-order valence-electron chi connectivity index (χ0n) is 17.2. The number of alkyl halides is 3. The average Bonchev–Trinajstić information content (AvgIpc) is 3.14. The third-order valence-electron chi connectivity index (χ3n) is 5.30. The number of amides is 1. The van der Waals surface area contributed by atoms with E-state index in [1.54, 1.807) is 24.4 Å². The van der Waals surface area contributed by atoms with Gasteiger partial charge in [-0.2, -0.15) is 18.3 Å². The van der Waals surface area contributed by atoms with Gasteiger partial charge in [-0.05, 0) is 29.8 Å². The second-order valence-corrected chi connectivity index (χ2v) is 10.1. The molecule has 2 aromatic heterocycles. The Labute approximate surface area is 186 Å². The van der Waals surface area contributed by atoms with Gasteiger partial charge in [0.05, 0.1) is 17.0 Å². The smallest absolute Gasteiger partial charge is 0.339 e. The number of hydrogen-bond acceptors (Lipinski definition) is 6. The van der Waals surface area contributed by atoms with E-state index in [4.69, 9.17) is 0 Å². The summed E-state index contributed by atoms with van der Waals surface area (Å²) in [6, 6.07) is 8.18. The molecular weight excluding hydrogens is 461 g/mol. The number of carbonyl (C=O) groups excluding carboxylic acids is 2. The number of Topliss-reactive ketones (excluding diaryl/α,β-unsaturated/α-hetero) is 1. The van der Waals surface area contributed by atoms with Crippen LogP contribution < -0.4 is 0 Å². The van der Waals surface area contributed by atoms with Crippen molar-refractivity contribution in [2.45, 2.75) is 19.1 Å². The van der Waals surface area contributed by atoms with Crippen molar-refractivity contribution in [3.8, 4) is 0 Å². The first-order chi connectivity index (χ1) is 15.5. The van der Waals surface area contributed by atoms with E-state index in [0.717, 1.165) is 12.1 Å². The molecule has 0 unspecified atom stereocenters. The Morgan fingerprint density at radius 2 is 1.79 bits per heavy atom. The minimum atomic E-state index is -4.64. The van der Waals surface area contributed by atoms with Gasteiger partial charge in [0.25, 0.3) is 0 Å². The summed E-state index contributed by atoms with van der Waals surface area (Å²) in [6.07, 6.45) is -3.15. The number of fused-ring (bicyclic) bond motifs is 1. The second-order valence-electron chi connectivity index (χ2n) is 7.76. The fraction of sp³-hybridized carbons (Fsp3) is 0.333. The number of carbonyl (C=O) groups is 2. The SMILES string of the molecule is O=C(Cc1ccc2nn(CC(=O)N3CCS(=O)(=O)CC3)cc2c1)c1cccc(C(F)(F)F)n1. The van der Waals surface area contributed by atoms with Gasteiger partial charge in [0.2, 0.25) is 5.91 Å². The van der Waals surface area contributed by atoms with Gasteiger partial charge in [0, 0.05) is 31.1 Å². The Morgan fingerprint density at radius 3 is 2.48 bits per heavy atom. The van der Waals surface area contributed by atoms with E-state index in [1.807, 2.05) is 0 Å². The molecule has 0 aliphatic carbocycles. The molecule has 1 aromatic carbocycles. The Hall–Kier alpha value is -3.28. The van der Waals surface area contributed by atoms with Gasteiger partial charge in [0.1, 0.15) is 17.9 Å². The largest absolute Gasteiger partial charge is 0.433 e. The Bertz CT molecular complexity index is 1320. The van der Waals surface area contributed by atoms with Gasteiger partial charge in [-0.15, -0.1) is 0 Å². The third-order valence-corrected chi connectivity index (χ3v) is 6.91. The highest BCUT2D eigenvalue weighted by molar-refractivity contribution is 7.91. The van der Waals surface area contributed by atoms with Crippen LogP contribution in [0.2, 0.25) is 0 Å². The zero-order valence-corrected chi connectivity index (χ0v) is 18.1. The molecule has 8 nitrogen and oxygen atoms in total. The topological polar surface area (TPSA) is 102 Å². The third kappa shape index (κ3) is 5.38. The minimum absolute atomic E-state index is 0.0576. The maximum absolute atomic E-state index is 12.8. The van der Waals surface area contributed by atoms with Crippen LogP contribution in [0.25, 0.3) is 10.9 Å². The molecule has 1 amide bonds. The predicted octanol–water partition coefficient (Wildman–Crippen LogP) is 2.13. The lowest BCUT2D eigenvalue weighted by Crippen LogP contribution is -2.45. The summed E-state index contributed by atoms with van der Waals surface area (Å²) >= 11 is 0. The number of benzene rings is 1. The molecule has 12 heteroatoms. The first-order valence-electron chi connectivity index (χ1n) is 10.0. The number of sulfone groups is 1. The number of nitrogens with zero attached hydrogens (tertiary/aromatic N) is 4. The van der Waals surface area contributed by atoms with E-state index in [9.17, 15) is 31.2 Å². The van der Waals surface area contributed by atoms with Crippen molar-refractivity contribution < 1.29 is 31.2 Å². The number of pyridine rings is 1. The Morgan fingerprint density at radius 1 is 1.06 bits per heavy atom. The van der Waals surface area contributed by atoms with Gasteiger partial charge >= 0.3 is 6.18 Å². The van der Waals surface area contributed by atoms with Crippen LogP contribution in [-0.4, -0.2) is 64.4 Å². The van der Waals surface area contributed by atoms with Crippen LogP contribution in [0.1, 0.15) is 21.7 Å². The summed E-state index contributed by atoms with van der Waals surface area (Å²) in [7, 11) is -3.09. The van der Waals surface area contributed by atoms with Gasteiger partial charge in [-0.25, -0.2) is 13.4 Å². The van der Waals surface area contributed by atoms with Crippen LogP contribution in [0.4, 0.5) is 13.2 Å². The van der Waals surface area contributed by atoms with Gasteiger partial charge < -0.3 is 4.90 Å². The van der Waals surface area contributed by atoms with Crippen LogP contribution in [0.15, 0.2) is 42.6 Å². The molecule has 1 fully saturated rings. The minimum Gasteiger partial charge on any atom is -0.339 e. The van der Waals surface area contributed by atoms with Crippen LogP contribution in [0.3, 0.4) is 0 Å². The number of aromatic nitrogens is 3. The van der Waals surface area contributed by atoms with Gasteiger partial charge in [-0.3, -0.25) is 14.3 Å². The molecule has 0 N–H and O–H groups in total. The maximum atomic E-state index is 12.8. The van der Waals surface area contributed by atoms with Crippen molar-refractivity contribution in [2.75, 3.05) is 24.6 Å². The lowest BCUT2D eigenvalue weighted by Gasteiger charge is -2.26. The Kier molecular flexibility index (Phi) is 5.95. The molecule has 1 aliphatic rings. The van der Waals surface area contributed by atoms with Crippen LogP contribution in [0.5, 0.6) is 0 Å². The fourth-order valence-corrected chi connectivity index (χ4v) is 4.74. The molecule has 3 aromatic rings. The van der Waals surface area contributed by atoms with E-state index in [2.05, 4.69) is 10.1 Å². The van der Waals surface area contributed by atoms with Gasteiger partial charge in [-0.1, -0.05) is 12.1 Å². The van der Waals surface area contributed by atoms with Crippen molar-refractivity contribution in [3.63, 3.8) is 0 Å². The summed E-state index contributed by atoms with van der Waals surface area (Å²) < 4.78 is 63.0. The normalized spacial score (nSPS) is 16.2. The highest BCUT2D eigenvalue weighted by atomic mass is 32.2. The molecule has 0 radical (unpaired) electrons. The average molecular weight is 480 g/mol. The standard InChI is InChI=1S/C21H19F3N4O4S/c22-21(23,24)19-3-1-2-17(25-19)18(29)11-14-4-5-16-15(10-14)12-28(26-16)13-20(30)27-6-8-33(31,32)9-7-27/h1-5,10,12H,6-9,11,13H2. The van der Waals surface area contributed by atoms with Crippen molar-refractivity contribution in [3.05, 3.63) is 59.5 Å². The van der Waals surface area contributed by atoms with Crippen molar-refractivity contribution >= 4 is 32.4 Å². The zero-order chi connectivity index (χ0) is 23.8. The first kappa shape index (κ1) is 22.9.